The van der Waals surface area contributed by atoms with E-state index in [-0.39, 0.29) is 11.8 Å². The Hall–Kier alpha value is -0.990. The van der Waals surface area contributed by atoms with E-state index >= 15 is 0 Å². The third kappa shape index (κ3) is 2.68. The van der Waals surface area contributed by atoms with Crippen molar-refractivity contribution < 1.29 is 13.6 Å². The van der Waals surface area contributed by atoms with Crippen molar-refractivity contribution in [1.29, 1.82) is 0 Å². The van der Waals surface area contributed by atoms with Crippen LogP contribution in [0, 0.1) is 23.2 Å². The molecular formula is C19H26F2O. The predicted octanol–water partition coefficient (Wildman–Crippen LogP) is 5.32. The maximum atomic E-state index is 12.5. The van der Waals surface area contributed by atoms with Gasteiger partial charge in [-0.15, -0.1) is 0 Å². The third-order valence-electron chi connectivity index (χ3n) is 6.05. The Morgan fingerprint density at radius 1 is 1.27 bits per heavy atom. The Morgan fingerprint density at radius 2 is 2.00 bits per heavy atom. The maximum Gasteiger partial charge on any atom is 0.242 e. The summed E-state index contributed by atoms with van der Waals surface area (Å²) < 4.78 is 24.3. The number of allylic oxidation sites excluding steroid dienone is 4. The molecule has 0 spiro atoms. The van der Waals surface area contributed by atoms with E-state index in [1.807, 2.05) is 13.0 Å². The molecule has 2 unspecified atom stereocenters. The molecule has 2 atom stereocenters. The third-order valence-corrected chi connectivity index (χ3v) is 6.05. The zero-order chi connectivity index (χ0) is 15.7. The van der Waals surface area contributed by atoms with Gasteiger partial charge in [0.15, 0.2) is 0 Å². The van der Waals surface area contributed by atoms with Gasteiger partial charge in [0, 0.05) is 18.3 Å². The number of halogens is 2. The molecule has 3 rings (SSSR count). The summed E-state index contributed by atoms with van der Waals surface area (Å²) in [7, 11) is 0. The zero-order valence-corrected chi connectivity index (χ0v) is 13.4. The van der Waals surface area contributed by atoms with Gasteiger partial charge in [-0.2, -0.15) is 0 Å². The molecule has 0 N–H and O–H groups in total. The second-order valence-corrected chi connectivity index (χ2v) is 7.34. The smallest absolute Gasteiger partial charge is 0.242 e. The average Bonchev–Trinajstić information content (AvgIpc) is 2.45. The maximum absolute atomic E-state index is 12.5. The molecule has 3 aliphatic rings. The number of carbonyl (C=O) groups excluding carboxylic acids is 1. The van der Waals surface area contributed by atoms with Crippen LogP contribution in [0.5, 0.6) is 0 Å². The number of Topliss-reactive ketones (excluding diaryl/α,β-unsaturated/α-hetero) is 1. The second kappa shape index (κ2) is 6.25. The SMILES string of the molecule is CC/C=C(\C=C/CC(F)F)CCCC(=O)C12CC3CC(C1)C32. The van der Waals surface area contributed by atoms with Crippen LogP contribution in [0.1, 0.15) is 58.3 Å². The van der Waals surface area contributed by atoms with Gasteiger partial charge in [-0.25, -0.2) is 8.78 Å². The Bertz CT molecular complexity index is 480. The molecule has 0 amide bonds. The highest BCUT2D eigenvalue weighted by atomic mass is 19.3. The number of alkyl halides is 2. The van der Waals surface area contributed by atoms with Gasteiger partial charge in [0.1, 0.15) is 5.78 Å². The fraction of sp³-hybridized carbons (Fsp3) is 0.737. The lowest BCUT2D eigenvalue weighted by Crippen LogP contribution is -2.72. The van der Waals surface area contributed by atoms with Crippen molar-refractivity contribution in [3.63, 3.8) is 0 Å². The molecule has 0 aromatic rings. The molecule has 0 aliphatic heterocycles. The lowest BCUT2D eigenvalue weighted by atomic mass is 9.28. The normalized spacial score (nSPS) is 35.8. The van der Waals surface area contributed by atoms with Crippen molar-refractivity contribution >= 4 is 5.78 Å². The molecular weight excluding hydrogens is 282 g/mol. The van der Waals surface area contributed by atoms with Gasteiger partial charge in [0.05, 0.1) is 0 Å². The van der Waals surface area contributed by atoms with E-state index in [2.05, 4.69) is 6.08 Å². The summed E-state index contributed by atoms with van der Waals surface area (Å²) >= 11 is 0. The van der Waals surface area contributed by atoms with Crippen molar-refractivity contribution in [1.82, 2.24) is 0 Å². The molecule has 1 nitrogen and oxygen atoms in total. The molecule has 0 radical (unpaired) electrons. The minimum absolute atomic E-state index is 0.0910. The topological polar surface area (TPSA) is 17.1 Å². The van der Waals surface area contributed by atoms with E-state index in [4.69, 9.17) is 0 Å². The standard InChI is InChI=1S/C19H26F2O/c1-2-5-13(7-4-9-17(20)21)6-3-8-16(22)19-11-14-10-15(12-19)18(14)19/h4-5,7,14-15,17-18H,2-3,6,8-12H2,1H3/b7-4-,13-5-. The summed E-state index contributed by atoms with van der Waals surface area (Å²) in [5, 5.41) is 0. The molecule has 3 fully saturated rings. The summed E-state index contributed by atoms with van der Waals surface area (Å²) in [6.45, 7) is 2.05. The summed E-state index contributed by atoms with van der Waals surface area (Å²) in [5.74, 6) is 2.97. The van der Waals surface area contributed by atoms with Gasteiger partial charge in [0.2, 0.25) is 6.43 Å². The van der Waals surface area contributed by atoms with Crippen molar-refractivity contribution in [2.24, 2.45) is 23.2 Å². The van der Waals surface area contributed by atoms with Crippen molar-refractivity contribution in [2.45, 2.75) is 64.7 Å². The Morgan fingerprint density at radius 3 is 2.55 bits per heavy atom. The van der Waals surface area contributed by atoms with Crippen LogP contribution < -0.4 is 0 Å². The van der Waals surface area contributed by atoms with Crippen molar-refractivity contribution in [2.75, 3.05) is 0 Å². The molecule has 122 valence electrons. The van der Waals surface area contributed by atoms with Crippen LogP contribution in [0.2, 0.25) is 0 Å². The van der Waals surface area contributed by atoms with Gasteiger partial charge in [-0.1, -0.05) is 30.7 Å². The number of carbonyl (C=O) groups is 1. The molecule has 3 saturated carbocycles. The summed E-state index contributed by atoms with van der Waals surface area (Å²) in [6, 6.07) is 0. The monoisotopic (exact) mass is 308 g/mol. The van der Waals surface area contributed by atoms with E-state index < -0.39 is 6.43 Å². The first kappa shape index (κ1) is 15.9. The first-order chi connectivity index (χ1) is 10.6. The molecule has 0 saturated heterocycles. The first-order valence-electron chi connectivity index (χ1n) is 8.74. The van der Waals surface area contributed by atoms with Gasteiger partial charge >= 0.3 is 0 Å². The molecule has 3 aliphatic carbocycles. The van der Waals surface area contributed by atoms with Gasteiger partial charge in [-0.05, 0) is 56.3 Å². The van der Waals surface area contributed by atoms with Crippen LogP contribution in [0.4, 0.5) is 8.78 Å². The fourth-order valence-corrected chi connectivity index (χ4v) is 5.12. The molecule has 0 heterocycles. The van der Waals surface area contributed by atoms with Crippen LogP contribution in [0.15, 0.2) is 23.8 Å². The van der Waals surface area contributed by atoms with Crippen LogP contribution in [-0.4, -0.2) is 12.2 Å². The minimum atomic E-state index is -2.28. The average molecular weight is 308 g/mol. The van der Waals surface area contributed by atoms with Gasteiger partial charge < -0.3 is 0 Å². The van der Waals surface area contributed by atoms with E-state index in [0.717, 1.165) is 55.4 Å². The van der Waals surface area contributed by atoms with Crippen LogP contribution in [-0.2, 0) is 4.79 Å². The summed E-state index contributed by atoms with van der Waals surface area (Å²) in [6.07, 6.45) is 9.90. The van der Waals surface area contributed by atoms with Crippen molar-refractivity contribution in [3.8, 4) is 0 Å². The quantitative estimate of drug-likeness (QED) is 0.527. The highest BCUT2D eigenvalue weighted by molar-refractivity contribution is 5.88. The van der Waals surface area contributed by atoms with E-state index in [9.17, 15) is 13.6 Å². The van der Waals surface area contributed by atoms with Crippen LogP contribution in [0.25, 0.3) is 0 Å². The highest BCUT2D eigenvalue weighted by Gasteiger charge is 2.73. The van der Waals surface area contributed by atoms with Gasteiger partial charge in [-0.3, -0.25) is 4.79 Å². The fourth-order valence-electron chi connectivity index (χ4n) is 5.12. The largest absolute Gasteiger partial charge is 0.299 e. The van der Waals surface area contributed by atoms with E-state index in [1.54, 1.807) is 6.08 Å². The minimum Gasteiger partial charge on any atom is -0.299 e. The second-order valence-electron chi connectivity index (χ2n) is 7.34. The molecule has 0 bridgehead atoms. The Balaban J connectivity index is 1.42. The molecule has 3 heteroatoms. The van der Waals surface area contributed by atoms with E-state index in [1.165, 1.54) is 6.42 Å². The number of ketones is 1. The number of hydrogen-bond donors (Lipinski definition) is 0. The Labute approximate surface area is 131 Å². The number of rotatable bonds is 9. The molecule has 22 heavy (non-hydrogen) atoms. The summed E-state index contributed by atoms with van der Waals surface area (Å²) in [5.41, 5.74) is 1.18. The zero-order valence-electron chi connectivity index (χ0n) is 13.4. The van der Waals surface area contributed by atoms with E-state index in [0.29, 0.717) is 12.2 Å². The van der Waals surface area contributed by atoms with Crippen LogP contribution in [0.3, 0.4) is 0 Å². The molecule has 0 aromatic heterocycles. The predicted molar refractivity (Wildman–Crippen MR) is 83.7 cm³/mol. The lowest BCUT2D eigenvalue weighted by Gasteiger charge is -2.75. The first-order valence-corrected chi connectivity index (χ1v) is 8.74. The van der Waals surface area contributed by atoms with Gasteiger partial charge in [0.25, 0.3) is 0 Å². The lowest BCUT2D eigenvalue weighted by molar-refractivity contribution is -0.257. The highest BCUT2D eigenvalue weighted by Crippen LogP contribution is 2.77. The Kier molecular flexibility index (Phi) is 4.52. The molecule has 0 aromatic carbocycles. The van der Waals surface area contributed by atoms with Crippen molar-refractivity contribution in [3.05, 3.63) is 23.8 Å². The van der Waals surface area contributed by atoms with Crippen LogP contribution >= 0.6 is 0 Å². The number of hydrogen-bond acceptors (Lipinski definition) is 1. The summed E-state index contributed by atoms with van der Waals surface area (Å²) in [4.78, 5) is 12.5.